The van der Waals surface area contributed by atoms with Crippen molar-refractivity contribution in [2.45, 2.75) is 11.8 Å². The van der Waals surface area contributed by atoms with E-state index in [1.807, 2.05) is 6.92 Å². The molecule has 0 unspecified atom stereocenters. The molecular formula is C21H19NO4S. The van der Waals surface area contributed by atoms with Gasteiger partial charge in [0.2, 0.25) is 0 Å². The zero-order valence-electron chi connectivity index (χ0n) is 15.0. The summed E-state index contributed by atoms with van der Waals surface area (Å²) in [6.45, 7) is 1.87. The van der Waals surface area contributed by atoms with Gasteiger partial charge in [0.25, 0.3) is 15.9 Å². The number of amides is 1. The molecule has 0 spiro atoms. The highest BCUT2D eigenvalue weighted by atomic mass is 32.2. The van der Waals surface area contributed by atoms with Crippen molar-refractivity contribution in [2.24, 2.45) is 0 Å². The molecule has 0 aliphatic carbocycles. The maximum Gasteiger partial charge on any atom is 0.272 e. The van der Waals surface area contributed by atoms with Gasteiger partial charge in [-0.3, -0.25) is 4.79 Å². The Morgan fingerprint density at radius 3 is 2.00 bits per heavy atom. The molecule has 27 heavy (non-hydrogen) atoms. The second kappa shape index (κ2) is 7.63. The standard InChI is InChI=1S/C21H19NO4S/c1-16-8-14-20(15-9-16)27(24,25)22(18-6-4-3-5-7-18)21(23)17-10-12-19(26-2)13-11-17/h3-15H,1-2H3. The number of aryl methyl sites for hydroxylation is 1. The minimum absolute atomic E-state index is 0.0545. The van der Waals surface area contributed by atoms with Crippen LogP contribution in [0.5, 0.6) is 5.75 Å². The monoisotopic (exact) mass is 381 g/mol. The largest absolute Gasteiger partial charge is 0.497 e. The van der Waals surface area contributed by atoms with Gasteiger partial charge < -0.3 is 4.74 Å². The van der Waals surface area contributed by atoms with Crippen LogP contribution in [0.4, 0.5) is 5.69 Å². The van der Waals surface area contributed by atoms with Gasteiger partial charge >= 0.3 is 0 Å². The summed E-state index contributed by atoms with van der Waals surface area (Å²) in [7, 11) is -2.56. The van der Waals surface area contributed by atoms with E-state index in [4.69, 9.17) is 4.74 Å². The molecule has 0 aliphatic heterocycles. The van der Waals surface area contributed by atoms with Crippen LogP contribution in [0.25, 0.3) is 0 Å². The van der Waals surface area contributed by atoms with Gasteiger partial charge in [-0.25, -0.2) is 8.42 Å². The third-order valence-electron chi connectivity index (χ3n) is 4.07. The van der Waals surface area contributed by atoms with E-state index in [2.05, 4.69) is 0 Å². The zero-order valence-corrected chi connectivity index (χ0v) is 15.8. The summed E-state index contributed by atoms with van der Waals surface area (Å²) in [6, 6.07) is 21.1. The second-order valence-electron chi connectivity index (χ2n) is 5.95. The van der Waals surface area contributed by atoms with Crippen LogP contribution in [0.1, 0.15) is 15.9 Å². The number of para-hydroxylation sites is 1. The minimum atomic E-state index is -4.08. The Balaban J connectivity index is 2.11. The van der Waals surface area contributed by atoms with Crippen LogP contribution in [-0.4, -0.2) is 21.4 Å². The number of sulfonamides is 1. The summed E-state index contributed by atoms with van der Waals surface area (Å²) in [5, 5.41) is 0. The summed E-state index contributed by atoms with van der Waals surface area (Å²) < 4.78 is 32.5. The van der Waals surface area contributed by atoms with Crippen LogP contribution in [0, 0.1) is 6.92 Å². The first-order valence-electron chi connectivity index (χ1n) is 8.29. The van der Waals surface area contributed by atoms with Gasteiger partial charge in [-0.2, -0.15) is 4.31 Å². The fraction of sp³-hybridized carbons (Fsp3) is 0.0952. The number of hydrogen-bond donors (Lipinski definition) is 0. The summed E-state index contributed by atoms with van der Waals surface area (Å²) in [5.41, 5.74) is 1.45. The molecule has 0 aromatic heterocycles. The van der Waals surface area contributed by atoms with Crippen molar-refractivity contribution >= 4 is 21.6 Å². The summed E-state index contributed by atoms with van der Waals surface area (Å²) >= 11 is 0. The van der Waals surface area contributed by atoms with Gasteiger partial charge in [0.1, 0.15) is 5.75 Å². The first kappa shape index (κ1) is 18.7. The van der Waals surface area contributed by atoms with Crippen LogP contribution in [0.3, 0.4) is 0 Å². The average molecular weight is 381 g/mol. The van der Waals surface area contributed by atoms with Gasteiger partial charge in [-0.15, -0.1) is 0 Å². The highest BCUT2D eigenvalue weighted by Crippen LogP contribution is 2.26. The van der Waals surface area contributed by atoms with E-state index >= 15 is 0 Å². The molecule has 0 N–H and O–H groups in total. The Labute approximate surface area is 158 Å². The quantitative estimate of drug-likeness (QED) is 0.669. The Hall–Kier alpha value is -3.12. The average Bonchev–Trinajstić information content (AvgIpc) is 2.69. The van der Waals surface area contributed by atoms with Gasteiger partial charge in [0.15, 0.2) is 0 Å². The molecule has 0 fully saturated rings. The lowest BCUT2D eigenvalue weighted by Crippen LogP contribution is -2.37. The Morgan fingerprint density at radius 1 is 0.852 bits per heavy atom. The number of ether oxygens (including phenoxy) is 1. The highest BCUT2D eigenvalue weighted by Gasteiger charge is 2.31. The van der Waals surface area contributed by atoms with E-state index in [0.717, 1.165) is 9.87 Å². The molecular weight excluding hydrogens is 362 g/mol. The first-order chi connectivity index (χ1) is 12.9. The Kier molecular flexibility index (Phi) is 5.28. The summed E-state index contributed by atoms with van der Waals surface area (Å²) in [6.07, 6.45) is 0. The lowest BCUT2D eigenvalue weighted by Gasteiger charge is -2.23. The molecule has 0 saturated heterocycles. The first-order valence-corrected chi connectivity index (χ1v) is 9.73. The lowest BCUT2D eigenvalue weighted by molar-refractivity contribution is 0.101. The third kappa shape index (κ3) is 3.85. The van der Waals surface area contributed by atoms with Crippen molar-refractivity contribution in [1.29, 1.82) is 0 Å². The molecule has 0 aliphatic rings. The molecule has 1 amide bonds. The van der Waals surface area contributed by atoms with E-state index in [0.29, 0.717) is 5.75 Å². The molecule has 0 heterocycles. The van der Waals surface area contributed by atoms with Crippen LogP contribution in [0.2, 0.25) is 0 Å². The van der Waals surface area contributed by atoms with Gasteiger partial charge in [0.05, 0.1) is 17.7 Å². The van der Waals surface area contributed by atoms with Crippen LogP contribution in [-0.2, 0) is 10.0 Å². The van der Waals surface area contributed by atoms with Gasteiger partial charge in [-0.1, -0.05) is 35.9 Å². The number of carbonyl (C=O) groups is 1. The third-order valence-corrected chi connectivity index (χ3v) is 5.80. The number of nitrogens with zero attached hydrogens (tertiary/aromatic N) is 1. The van der Waals surface area contributed by atoms with Crippen LogP contribution >= 0.6 is 0 Å². The van der Waals surface area contributed by atoms with Crippen molar-refractivity contribution in [3.05, 3.63) is 90.0 Å². The molecule has 0 radical (unpaired) electrons. The normalized spacial score (nSPS) is 11.0. The van der Waals surface area contributed by atoms with Gasteiger partial charge in [0, 0.05) is 5.56 Å². The molecule has 3 aromatic carbocycles. The summed E-state index contributed by atoms with van der Waals surface area (Å²) in [4.78, 5) is 13.2. The summed E-state index contributed by atoms with van der Waals surface area (Å²) in [5.74, 6) is -0.0522. The van der Waals surface area contributed by atoms with Gasteiger partial charge in [-0.05, 0) is 55.5 Å². The number of hydrogen-bond acceptors (Lipinski definition) is 4. The topological polar surface area (TPSA) is 63.7 Å². The molecule has 6 heteroatoms. The molecule has 0 bridgehead atoms. The highest BCUT2D eigenvalue weighted by molar-refractivity contribution is 7.93. The fourth-order valence-electron chi connectivity index (χ4n) is 2.60. The smallest absolute Gasteiger partial charge is 0.272 e. The predicted octanol–water partition coefficient (Wildman–Crippen LogP) is 4.04. The van der Waals surface area contributed by atoms with E-state index in [-0.39, 0.29) is 16.1 Å². The second-order valence-corrected chi connectivity index (χ2v) is 7.74. The maximum absolute atomic E-state index is 13.3. The van der Waals surface area contributed by atoms with Crippen LogP contribution < -0.4 is 9.04 Å². The number of carbonyl (C=O) groups excluding carboxylic acids is 1. The molecule has 138 valence electrons. The minimum Gasteiger partial charge on any atom is -0.497 e. The van der Waals surface area contributed by atoms with E-state index in [9.17, 15) is 13.2 Å². The zero-order chi connectivity index (χ0) is 19.4. The van der Waals surface area contributed by atoms with Crippen molar-refractivity contribution < 1.29 is 17.9 Å². The maximum atomic E-state index is 13.3. The molecule has 0 atom stereocenters. The Bertz CT molecular complexity index is 1030. The number of anilines is 1. The molecule has 0 saturated carbocycles. The molecule has 3 aromatic rings. The van der Waals surface area contributed by atoms with Crippen molar-refractivity contribution in [1.82, 2.24) is 0 Å². The molecule has 5 nitrogen and oxygen atoms in total. The fourth-order valence-corrected chi connectivity index (χ4v) is 4.01. The van der Waals surface area contributed by atoms with Crippen molar-refractivity contribution in [3.63, 3.8) is 0 Å². The van der Waals surface area contributed by atoms with E-state index in [1.54, 1.807) is 66.7 Å². The predicted molar refractivity (Wildman–Crippen MR) is 105 cm³/mol. The van der Waals surface area contributed by atoms with E-state index in [1.165, 1.54) is 19.2 Å². The van der Waals surface area contributed by atoms with Crippen molar-refractivity contribution in [3.8, 4) is 5.75 Å². The van der Waals surface area contributed by atoms with Crippen LogP contribution in [0.15, 0.2) is 83.8 Å². The Morgan fingerprint density at radius 2 is 1.44 bits per heavy atom. The molecule has 3 rings (SSSR count). The van der Waals surface area contributed by atoms with E-state index < -0.39 is 15.9 Å². The van der Waals surface area contributed by atoms with Crippen molar-refractivity contribution in [2.75, 3.05) is 11.4 Å². The number of benzene rings is 3. The number of methoxy groups -OCH3 is 1. The number of rotatable bonds is 5. The SMILES string of the molecule is COc1ccc(C(=O)N(c2ccccc2)S(=O)(=O)c2ccc(C)cc2)cc1. The lowest BCUT2D eigenvalue weighted by atomic mass is 10.2.